The van der Waals surface area contributed by atoms with Gasteiger partial charge in [0.2, 0.25) is 0 Å². The zero-order valence-corrected chi connectivity index (χ0v) is 11.2. The molecule has 4 nitrogen and oxygen atoms in total. The summed E-state index contributed by atoms with van der Waals surface area (Å²) in [5.41, 5.74) is 2.31. The number of aromatic nitrogens is 2. The van der Waals surface area contributed by atoms with E-state index >= 15 is 0 Å². The number of benzene rings is 2. The Balaban J connectivity index is 1.76. The molecule has 3 aromatic rings. The second-order valence-electron chi connectivity index (χ2n) is 4.63. The van der Waals surface area contributed by atoms with Crippen molar-refractivity contribution in [1.29, 1.82) is 0 Å². The van der Waals surface area contributed by atoms with Crippen molar-refractivity contribution in [2.75, 3.05) is 5.32 Å². The molecule has 0 amide bonds. The number of aromatic hydroxyl groups is 1. The third-order valence-corrected chi connectivity index (χ3v) is 3.14. The van der Waals surface area contributed by atoms with Crippen molar-refractivity contribution in [2.45, 2.75) is 6.54 Å². The number of hydrogen-bond donors (Lipinski definition) is 2. The van der Waals surface area contributed by atoms with Crippen LogP contribution in [0.2, 0.25) is 0 Å². The van der Waals surface area contributed by atoms with Crippen molar-refractivity contribution in [2.24, 2.45) is 0 Å². The fraction of sp³-hybridized carbons (Fsp3) is 0.0625. The van der Waals surface area contributed by atoms with Gasteiger partial charge in [-0.1, -0.05) is 6.07 Å². The third kappa shape index (κ3) is 3.02. The predicted octanol–water partition coefficient (Wildman–Crippen LogP) is 3.33. The van der Waals surface area contributed by atoms with E-state index in [1.54, 1.807) is 10.9 Å². The lowest BCUT2D eigenvalue weighted by molar-refractivity contribution is 0.466. The first-order valence-electron chi connectivity index (χ1n) is 6.54. The normalized spacial score (nSPS) is 10.5. The molecule has 1 aromatic heterocycles. The number of halogens is 1. The maximum Gasteiger partial charge on any atom is 0.123 e. The minimum atomic E-state index is -0.366. The maximum atomic E-state index is 13.2. The van der Waals surface area contributed by atoms with Gasteiger partial charge in [-0.25, -0.2) is 9.07 Å². The Bertz CT molecular complexity index is 741. The fourth-order valence-electron chi connectivity index (χ4n) is 2.07. The van der Waals surface area contributed by atoms with Gasteiger partial charge >= 0.3 is 0 Å². The van der Waals surface area contributed by atoms with Crippen molar-refractivity contribution in [1.82, 2.24) is 9.78 Å². The van der Waals surface area contributed by atoms with Crippen LogP contribution in [0.5, 0.6) is 5.75 Å². The van der Waals surface area contributed by atoms with Gasteiger partial charge in [-0.15, -0.1) is 0 Å². The standard InChI is InChI=1S/C16H14FN3O/c17-13-5-6-16(21)12(9-13)11-18-14-3-1-4-15(10-14)20-8-2-7-19-20/h1-10,18,21H,11H2. The Kier molecular flexibility index (Phi) is 3.55. The number of phenolic OH excluding ortho intramolecular Hbond substituents is 1. The third-order valence-electron chi connectivity index (χ3n) is 3.14. The summed E-state index contributed by atoms with van der Waals surface area (Å²) in [5.74, 6) is -0.290. The zero-order chi connectivity index (χ0) is 14.7. The second-order valence-corrected chi connectivity index (χ2v) is 4.63. The van der Waals surface area contributed by atoms with Crippen LogP contribution in [-0.2, 0) is 6.54 Å². The van der Waals surface area contributed by atoms with Crippen molar-refractivity contribution >= 4 is 5.69 Å². The number of anilines is 1. The van der Waals surface area contributed by atoms with E-state index in [2.05, 4.69) is 10.4 Å². The topological polar surface area (TPSA) is 50.1 Å². The van der Waals surface area contributed by atoms with Crippen LogP contribution in [0.3, 0.4) is 0 Å². The molecule has 0 fully saturated rings. The van der Waals surface area contributed by atoms with Gasteiger partial charge in [-0.2, -0.15) is 5.10 Å². The summed E-state index contributed by atoms with van der Waals surface area (Å²) in [6, 6.07) is 13.4. The molecule has 1 heterocycles. The molecule has 0 radical (unpaired) electrons. The van der Waals surface area contributed by atoms with Crippen LogP contribution in [0.1, 0.15) is 5.56 Å². The van der Waals surface area contributed by atoms with Gasteiger partial charge in [-0.05, 0) is 42.5 Å². The van der Waals surface area contributed by atoms with Gasteiger partial charge in [0.1, 0.15) is 11.6 Å². The average Bonchev–Trinajstić information content (AvgIpc) is 3.03. The quantitative estimate of drug-likeness (QED) is 0.772. The van der Waals surface area contributed by atoms with Crippen molar-refractivity contribution in [3.8, 4) is 11.4 Å². The molecule has 5 heteroatoms. The second kappa shape index (κ2) is 5.66. The van der Waals surface area contributed by atoms with Gasteiger partial charge in [0.25, 0.3) is 0 Å². The predicted molar refractivity (Wildman–Crippen MR) is 79.0 cm³/mol. The van der Waals surface area contributed by atoms with E-state index in [0.717, 1.165) is 11.4 Å². The van der Waals surface area contributed by atoms with Crippen molar-refractivity contribution in [3.63, 3.8) is 0 Å². The molecule has 0 unspecified atom stereocenters. The summed E-state index contributed by atoms with van der Waals surface area (Å²) in [6.45, 7) is 0.339. The minimum absolute atomic E-state index is 0.0760. The lowest BCUT2D eigenvalue weighted by Crippen LogP contribution is -2.01. The van der Waals surface area contributed by atoms with E-state index < -0.39 is 0 Å². The molecular formula is C16H14FN3O. The van der Waals surface area contributed by atoms with E-state index in [0.29, 0.717) is 12.1 Å². The van der Waals surface area contributed by atoms with Crippen LogP contribution in [0.15, 0.2) is 60.9 Å². The molecule has 106 valence electrons. The molecule has 21 heavy (non-hydrogen) atoms. The first-order chi connectivity index (χ1) is 10.2. The summed E-state index contributed by atoms with van der Waals surface area (Å²) < 4.78 is 14.9. The smallest absolute Gasteiger partial charge is 0.123 e. The van der Waals surface area contributed by atoms with Crippen molar-refractivity contribution in [3.05, 3.63) is 72.3 Å². The summed E-state index contributed by atoms with van der Waals surface area (Å²) >= 11 is 0. The van der Waals surface area contributed by atoms with E-state index in [1.165, 1.54) is 18.2 Å². The molecule has 0 aliphatic carbocycles. The van der Waals surface area contributed by atoms with Crippen LogP contribution in [0, 0.1) is 5.82 Å². The van der Waals surface area contributed by atoms with Crippen LogP contribution >= 0.6 is 0 Å². The molecule has 0 bridgehead atoms. The molecule has 0 saturated carbocycles. The highest BCUT2D eigenvalue weighted by molar-refractivity contribution is 5.51. The molecule has 3 rings (SSSR count). The first kappa shape index (κ1) is 13.2. The summed E-state index contributed by atoms with van der Waals surface area (Å²) in [5, 5.41) is 17.0. The molecule has 0 spiro atoms. The largest absolute Gasteiger partial charge is 0.508 e. The lowest BCUT2D eigenvalue weighted by atomic mass is 10.2. The summed E-state index contributed by atoms with van der Waals surface area (Å²) in [4.78, 5) is 0. The fourth-order valence-corrected chi connectivity index (χ4v) is 2.07. The lowest BCUT2D eigenvalue weighted by Gasteiger charge is -2.10. The molecule has 2 aromatic carbocycles. The molecular weight excluding hydrogens is 269 g/mol. The number of rotatable bonds is 4. The van der Waals surface area contributed by atoms with Gasteiger partial charge in [0.05, 0.1) is 5.69 Å². The highest BCUT2D eigenvalue weighted by Crippen LogP contribution is 2.20. The molecule has 0 saturated heterocycles. The summed E-state index contributed by atoms with van der Waals surface area (Å²) in [7, 11) is 0. The SMILES string of the molecule is Oc1ccc(F)cc1CNc1cccc(-n2cccn2)c1. The zero-order valence-electron chi connectivity index (χ0n) is 11.2. The van der Waals surface area contributed by atoms with E-state index in [4.69, 9.17) is 0 Å². The van der Waals surface area contributed by atoms with Crippen LogP contribution in [-0.4, -0.2) is 14.9 Å². The van der Waals surface area contributed by atoms with E-state index in [1.807, 2.05) is 36.5 Å². The number of hydrogen-bond acceptors (Lipinski definition) is 3. The molecule has 0 atom stereocenters. The molecule has 0 aliphatic heterocycles. The van der Waals surface area contributed by atoms with Gasteiger partial charge in [-0.3, -0.25) is 0 Å². The van der Waals surface area contributed by atoms with E-state index in [9.17, 15) is 9.50 Å². The highest BCUT2D eigenvalue weighted by atomic mass is 19.1. The van der Waals surface area contributed by atoms with Crippen LogP contribution < -0.4 is 5.32 Å². The highest BCUT2D eigenvalue weighted by Gasteiger charge is 2.04. The Morgan fingerprint density at radius 1 is 1.14 bits per heavy atom. The maximum absolute atomic E-state index is 13.2. The Hall–Kier alpha value is -2.82. The molecule has 2 N–H and O–H groups in total. The minimum Gasteiger partial charge on any atom is -0.508 e. The van der Waals surface area contributed by atoms with Crippen LogP contribution in [0.4, 0.5) is 10.1 Å². The average molecular weight is 283 g/mol. The number of phenols is 1. The van der Waals surface area contributed by atoms with Gasteiger partial charge < -0.3 is 10.4 Å². The van der Waals surface area contributed by atoms with E-state index in [-0.39, 0.29) is 11.6 Å². The summed E-state index contributed by atoms with van der Waals surface area (Å²) in [6.07, 6.45) is 3.57. The molecule has 0 aliphatic rings. The van der Waals surface area contributed by atoms with Gasteiger partial charge in [0, 0.05) is 30.2 Å². The number of nitrogens with zero attached hydrogens (tertiary/aromatic N) is 2. The monoisotopic (exact) mass is 283 g/mol. The van der Waals surface area contributed by atoms with Crippen molar-refractivity contribution < 1.29 is 9.50 Å². The number of nitrogens with one attached hydrogen (secondary N) is 1. The first-order valence-corrected chi connectivity index (χ1v) is 6.54. The van der Waals surface area contributed by atoms with Crippen LogP contribution in [0.25, 0.3) is 5.69 Å². The Morgan fingerprint density at radius 3 is 2.86 bits per heavy atom. The van der Waals surface area contributed by atoms with Gasteiger partial charge in [0.15, 0.2) is 0 Å². The Morgan fingerprint density at radius 2 is 2.05 bits per heavy atom. The Labute approximate surface area is 121 Å².